The first-order valence-corrected chi connectivity index (χ1v) is 11.5. The molecule has 0 spiro atoms. The number of benzene rings is 1. The second kappa shape index (κ2) is 9.98. The van der Waals surface area contributed by atoms with E-state index >= 15 is 0 Å². The molecular formula is C18H27BrN6O3S. The molecule has 2 aromatic rings. The highest BCUT2D eigenvalue weighted by Gasteiger charge is 2.43. The zero-order valence-electron chi connectivity index (χ0n) is 16.1. The van der Waals surface area contributed by atoms with E-state index in [0.717, 1.165) is 35.7 Å². The average molecular weight is 487 g/mol. The van der Waals surface area contributed by atoms with E-state index in [4.69, 9.17) is 5.73 Å². The van der Waals surface area contributed by atoms with E-state index in [-0.39, 0.29) is 24.0 Å². The number of aromatic amines is 1. The smallest absolute Gasteiger partial charge is 0.246 e. The number of unbranched alkanes of at least 4 members (excludes halogenated alkanes) is 1. The number of hydrogen-bond donors (Lipinski definition) is 5. The Morgan fingerprint density at radius 2 is 2.00 bits per heavy atom. The maximum Gasteiger partial charge on any atom is 0.246 e. The number of halogens is 1. The van der Waals surface area contributed by atoms with Crippen LogP contribution in [-0.4, -0.2) is 48.7 Å². The van der Waals surface area contributed by atoms with Crippen LogP contribution in [0, 0.1) is 5.41 Å². The predicted molar refractivity (Wildman–Crippen MR) is 116 cm³/mol. The molecule has 2 atom stereocenters. The first-order valence-electron chi connectivity index (χ1n) is 9.60. The van der Waals surface area contributed by atoms with Gasteiger partial charge in [-0.2, -0.15) is 4.98 Å². The van der Waals surface area contributed by atoms with Gasteiger partial charge in [-0.15, -0.1) is 5.10 Å². The molecule has 160 valence electrons. The Morgan fingerprint density at radius 1 is 1.31 bits per heavy atom. The molecule has 2 heterocycles. The number of nitrogen functional groups attached to an aromatic ring is 1. The number of rotatable bonds is 9. The van der Waals surface area contributed by atoms with E-state index in [1.54, 1.807) is 0 Å². The summed E-state index contributed by atoms with van der Waals surface area (Å²) in [5.41, 5.74) is 6.39. The van der Waals surface area contributed by atoms with Gasteiger partial charge >= 0.3 is 0 Å². The topological polar surface area (TPSA) is 140 Å². The van der Waals surface area contributed by atoms with E-state index in [2.05, 4.69) is 40.7 Å². The predicted octanol–water partition coefficient (Wildman–Crippen LogP) is 2.37. The molecule has 9 nitrogen and oxygen atoms in total. The molecule has 2 unspecified atom stereocenters. The zero-order valence-corrected chi connectivity index (χ0v) is 18.5. The Bertz CT molecular complexity index is 810. The van der Waals surface area contributed by atoms with Gasteiger partial charge < -0.3 is 15.7 Å². The van der Waals surface area contributed by atoms with Gasteiger partial charge in [0.1, 0.15) is 0 Å². The van der Waals surface area contributed by atoms with Gasteiger partial charge in [0.25, 0.3) is 0 Å². The van der Waals surface area contributed by atoms with Gasteiger partial charge in [-0.25, -0.2) is 14.0 Å². The van der Waals surface area contributed by atoms with Crippen LogP contribution in [0.2, 0.25) is 0 Å². The van der Waals surface area contributed by atoms with Crippen LogP contribution in [0.5, 0.6) is 0 Å². The van der Waals surface area contributed by atoms with Crippen molar-refractivity contribution in [3.05, 3.63) is 34.3 Å². The Labute approximate surface area is 181 Å². The van der Waals surface area contributed by atoms with Crippen LogP contribution < -0.4 is 15.4 Å². The summed E-state index contributed by atoms with van der Waals surface area (Å²) in [6, 6.07) is 7.55. The summed E-state index contributed by atoms with van der Waals surface area (Å²) in [7, 11) is 0. The summed E-state index contributed by atoms with van der Waals surface area (Å²) >= 11 is 1.30. The highest BCUT2D eigenvalue weighted by Crippen LogP contribution is 2.47. The summed E-state index contributed by atoms with van der Waals surface area (Å²) in [6.45, 7) is 1.56. The number of piperidine rings is 1. The van der Waals surface area contributed by atoms with Crippen molar-refractivity contribution < 1.29 is 13.9 Å². The molecule has 0 bridgehead atoms. The third kappa shape index (κ3) is 5.54. The Hall–Kier alpha value is -1.53. The Kier molecular flexibility index (Phi) is 7.63. The van der Waals surface area contributed by atoms with Crippen molar-refractivity contribution in [2.75, 3.05) is 30.3 Å². The van der Waals surface area contributed by atoms with Gasteiger partial charge in [-0.1, -0.05) is 34.5 Å². The number of nitrogens with zero attached hydrogens (tertiary/aromatic N) is 3. The zero-order chi connectivity index (χ0) is 20.9. The van der Waals surface area contributed by atoms with E-state index in [0.29, 0.717) is 25.5 Å². The fourth-order valence-corrected chi connectivity index (χ4v) is 4.99. The van der Waals surface area contributed by atoms with Crippen LogP contribution in [-0.2, 0) is 11.3 Å². The lowest BCUT2D eigenvalue weighted by Gasteiger charge is -2.46. The Morgan fingerprint density at radius 3 is 2.55 bits per heavy atom. The molecule has 0 radical (unpaired) electrons. The molecule has 6 N–H and O–H groups in total. The number of hydrogen-bond acceptors (Lipinski definition) is 6. The van der Waals surface area contributed by atoms with Crippen LogP contribution in [0.25, 0.3) is 0 Å². The standard InChI is InChI=1S/C18H27BrN6O3S/c19-14-5-3-13(4-6-14)15(24-29(27)28)18(7-1-2-12-26)8-10-25(11-9-18)17-21-16(20)22-23-17/h3-6,15,24,26H,1-2,7-12H2,(H,27,28)(H3,20,21,22,23). The number of H-pyrrole nitrogens is 1. The molecule has 1 aliphatic rings. The molecular weight excluding hydrogens is 460 g/mol. The maximum absolute atomic E-state index is 11.8. The van der Waals surface area contributed by atoms with Crippen LogP contribution in [0.4, 0.5) is 11.9 Å². The summed E-state index contributed by atoms with van der Waals surface area (Å²) in [4.78, 5) is 6.29. The van der Waals surface area contributed by atoms with Crippen molar-refractivity contribution in [1.29, 1.82) is 0 Å². The first-order chi connectivity index (χ1) is 13.9. The van der Waals surface area contributed by atoms with Gasteiger partial charge in [0.05, 0.1) is 6.04 Å². The number of anilines is 2. The number of nitrogens with two attached hydrogens (primary N) is 1. The molecule has 0 saturated carbocycles. The molecule has 1 saturated heterocycles. The molecule has 29 heavy (non-hydrogen) atoms. The van der Waals surface area contributed by atoms with Crippen LogP contribution in [0.1, 0.15) is 43.7 Å². The van der Waals surface area contributed by atoms with Crippen LogP contribution >= 0.6 is 15.9 Å². The molecule has 11 heteroatoms. The van der Waals surface area contributed by atoms with E-state index < -0.39 is 11.3 Å². The molecule has 1 fully saturated rings. The van der Waals surface area contributed by atoms with Gasteiger partial charge in [0.15, 0.2) is 0 Å². The molecule has 3 rings (SSSR count). The Balaban J connectivity index is 1.87. The van der Waals surface area contributed by atoms with Crippen LogP contribution in [0.3, 0.4) is 0 Å². The molecule has 0 aliphatic carbocycles. The van der Waals surface area contributed by atoms with Crippen molar-refractivity contribution in [1.82, 2.24) is 19.9 Å². The average Bonchev–Trinajstić information content (AvgIpc) is 3.14. The number of aliphatic hydroxyl groups excluding tert-OH is 1. The van der Waals surface area contributed by atoms with Gasteiger partial charge in [-0.3, -0.25) is 4.55 Å². The van der Waals surface area contributed by atoms with E-state index in [9.17, 15) is 13.9 Å². The largest absolute Gasteiger partial charge is 0.396 e. The van der Waals surface area contributed by atoms with Gasteiger partial charge in [-0.05, 0) is 48.8 Å². The van der Waals surface area contributed by atoms with Gasteiger partial charge in [0.2, 0.25) is 23.2 Å². The fraction of sp³-hybridized carbons (Fsp3) is 0.556. The quantitative estimate of drug-likeness (QED) is 0.270. The van der Waals surface area contributed by atoms with E-state index in [1.165, 1.54) is 0 Å². The summed E-state index contributed by atoms with van der Waals surface area (Å²) in [5.74, 6) is 0.857. The molecule has 1 aliphatic heterocycles. The van der Waals surface area contributed by atoms with Crippen molar-refractivity contribution in [3.63, 3.8) is 0 Å². The van der Waals surface area contributed by atoms with Crippen molar-refractivity contribution >= 4 is 39.1 Å². The minimum Gasteiger partial charge on any atom is -0.396 e. The highest BCUT2D eigenvalue weighted by molar-refractivity contribution is 9.10. The summed E-state index contributed by atoms with van der Waals surface area (Å²) < 4.78 is 25.2. The maximum atomic E-state index is 11.8. The van der Waals surface area contributed by atoms with Gasteiger partial charge in [0, 0.05) is 24.2 Å². The SMILES string of the molecule is Nc1nc(N2CCC(CCCCO)(C(NS(=O)O)c3ccc(Br)cc3)CC2)n[nH]1. The van der Waals surface area contributed by atoms with Crippen molar-refractivity contribution in [2.24, 2.45) is 5.41 Å². The van der Waals surface area contributed by atoms with Crippen LogP contribution in [0.15, 0.2) is 28.7 Å². The molecule has 1 aromatic heterocycles. The monoisotopic (exact) mass is 486 g/mol. The van der Waals surface area contributed by atoms with Crippen molar-refractivity contribution in [3.8, 4) is 0 Å². The number of aliphatic hydroxyl groups is 1. The molecule has 0 amide bonds. The summed E-state index contributed by atoms with van der Waals surface area (Å²) in [5, 5.41) is 16.1. The third-order valence-electron chi connectivity index (χ3n) is 5.65. The second-order valence-corrected chi connectivity index (χ2v) is 9.05. The minimum absolute atomic E-state index is 0.140. The van der Waals surface area contributed by atoms with Crippen molar-refractivity contribution in [2.45, 2.75) is 38.1 Å². The van der Waals surface area contributed by atoms with E-state index in [1.807, 2.05) is 24.3 Å². The lowest BCUT2D eigenvalue weighted by molar-refractivity contribution is 0.132. The minimum atomic E-state index is -2.15. The first kappa shape index (κ1) is 22.2. The number of aromatic nitrogens is 3. The highest BCUT2D eigenvalue weighted by atomic mass is 79.9. The number of nitrogens with one attached hydrogen (secondary N) is 2. The fourth-order valence-electron chi connectivity index (χ4n) is 4.13. The second-order valence-electron chi connectivity index (χ2n) is 7.40. The third-order valence-corrected chi connectivity index (χ3v) is 6.62. The normalized spacial score (nSPS) is 18.5. The lowest BCUT2D eigenvalue weighted by Crippen LogP contribution is -2.47. The lowest BCUT2D eigenvalue weighted by atomic mass is 9.67. The molecule has 1 aromatic carbocycles. The summed E-state index contributed by atoms with van der Waals surface area (Å²) in [6.07, 6.45) is 3.97.